The first-order chi connectivity index (χ1) is 19.8. The number of carbonyl (C=O) groups excluding carboxylic acids is 2. The summed E-state index contributed by atoms with van der Waals surface area (Å²) in [6, 6.07) is 13.9. The third kappa shape index (κ3) is 10.9. The maximum absolute atomic E-state index is 12.0. The predicted octanol–water partition coefficient (Wildman–Crippen LogP) is 5.31. The van der Waals surface area contributed by atoms with Crippen LogP contribution in [0.15, 0.2) is 48.5 Å². The predicted molar refractivity (Wildman–Crippen MR) is 133 cm³/mol. The van der Waals surface area contributed by atoms with Gasteiger partial charge in [-0.1, -0.05) is 48.5 Å². The number of ketones is 1. The number of carbonyl (C=O) groups is 2. The van der Waals surface area contributed by atoms with Crippen molar-refractivity contribution < 1.29 is 32.8 Å². The van der Waals surface area contributed by atoms with Crippen molar-refractivity contribution in [2.75, 3.05) is 32.8 Å². The van der Waals surface area contributed by atoms with Gasteiger partial charge in [-0.05, 0) is 28.6 Å². The normalized spacial score (nSPS) is 26.8. The van der Waals surface area contributed by atoms with Crippen molar-refractivity contribution in [2.24, 2.45) is 0 Å². The van der Waals surface area contributed by atoms with Crippen molar-refractivity contribution >= 4 is 46.5 Å². The smallest absolute Gasteiger partial charge is 0.248 e. The standard InChI is InChI=1S/C12H14ClNO2.C8H8Cl2.C5H8O2/c13-7-10-1-3-11(4-2-10)8-14-5-6-16-9-12(14)15;9-5-7-1-2-8(6-10)4-3-7;6-5-2-1-3-7-4-5/h1-4H,5-9H2;1-4H,5-6H2;1-4H2/i5D2,6D2,8D2;;1D2,3D2. The minimum atomic E-state index is -2.96. The van der Waals surface area contributed by atoms with Gasteiger partial charge in [-0.25, -0.2) is 0 Å². The highest BCUT2D eigenvalue weighted by molar-refractivity contribution is 6.17. The number of hydrogen-bond acceptors (Lipinski definition) is 4. The monoisotopic (exact) mass is 523 g/mol. The summed E-state index contributed by atoms with van der Waals surface area (Å²) in [6.07, 6.45) is -2.59. The van der Waals surface area contributed by atoms with Gasteiger partial charge in [0, 0.05) is 46.4 Å². The van der Waals surface area contributed by atoms with Crippen LogP contribution in [-0.2, 0) is 43.2 Å². The molecular formula is C25H30Cl3NO4. The average Bonchev–Trinajstić information content (AvgIpc) is 2.94. The van der Waals surface area contributed by atoms with Crippen LogP contribution in [0.5, 0.6) is 0 Å². The largest absolute Gasteiger partial charge is 0.374 e. The van der Waals surface area contributed by atoms with Gasteiger partial charge in [-0.3, -0.25) is 9.59 Å². The van der Waals surface area contributed by atoms with E-state index in [4.69, 9.17) is 48.5 Å². The quantitative estimate of drug-likeness (QED) is 0.497. The average molecular weight is 525 g/mol. The van der Waals surface area contributed by atoms with E-state index in [1.54, 1.807) is 12.1 Å². The van der Waals surface area contributed by atoms with Crippen LogP contribution in [0.4, 0.5) is 0 Å². The van der Waals surface area contributed by atoms with Gasteiger partial charge in [0.05, 0.1) is 17.5 Å². The molecule has 0 N–H and O–H groups in total. The van der Waals surface area contributed by atoms with Gasteiger partial charge in [0.1, 0.15) is 13.2 Å². The van der Waals surface area contributed by atoms with Crippen LogP contribution in [-0.4, -0.2) is 49.4 Å². The van der Waals surface area contributed by atoms with Crippen LogP contribution in [0, 0.1) is 0 Å². The molecule has 0 aliphatic carbocycles. The summed E-state index contributed by atoms with van der Waals surface area (Å²) >= 11 is 16.8. The van der Waals surface area contributed by atoms with Gasteiger partial charge in [-0.2, -0.15) is 0 Å². The molecule has 5 nitrogen and oxygen atoms in total. The molecule has 180 valence electrons. The zero-order chi connectivity index (χ0) is 32.9. The lowest BCUT2D eigenvalue weighted by Gasteiger charge is -2.26. The highest BCUT2D eigenvalue weighted by Crippen LogP contribution is 2.11. The Kier molecular flexibility index (Phi) is 7.85. The highest BCUT2D eigenvalue weighted by atomic mass is 35.5. The summed E-state index contributed by atoms with van der Waals surface area (Å²) in [5.41, 5.74) is 3.04. The Hall–Kier alpha value is -1.63. The zero-order valence-corrected chi connectivity index (χ0v) is 19.8. The van der Waals surface area contributed by atoms with Crippen molar-refractivity contribution in [1.82, 2.24) is 4.90 Å². The van der Waals surface area contributed by atoms with Crippen LogP contribution < -0.4 is 0 Å². The molecule has 2 saturated heterocycles. The number of hydrogen-bond donors (Lipinski definition) is 0. The molecule has 2 aromatic rings. The van der Waals surface area contributed by atoms with Crippen molar-refractivity contribution in [1.29, 1.82) is 0 Å². The number of Topliss-reactive ketones (excluding diaryl/α,β-unsaturated/α-hetero) is 1. The second-order valence-electron chi connectivity index (χ2n) is 6.54. The minimum Gasteiger partial charge on any atom is -0.374 e. The molecule has 0 spiro atoms. The lowest BCUT2D eigenvalue weighted by atomic mass is 10.1. The molecule has 2 aromatic carbocycles. The zero-order valence-electron chi connectivity index (χ0n) is 27.6. The second-order valence-corrected chi connectivity index (χ2v) is 7.34. The van der Waals surface area contributed by atoms with Crippen LogP contribution in [0.2, 0.25) is 0 Å². The SMILES string of the molecule is ClCc1ccc(CCl)cc1.[2H]C([2H])(c1ccc(CCl)cc1)N1C(=O)COC([2H])([2H])C1([2H])[2H].[2H]C1([2H])CC(=O)COC1([2H])[2H]. The molecule has 1 amide bonds. The Balaban J connectivity index is 0.000000255. The van der Waals surface area contributed by atoms with Crippen LogP contribution in [0.25, 0.3) is 0 Å². The molecule has 8 heteroatoms. The van der Waals surface area contributed by atoms with Gasteiger partial charge in [0.15, 0.2) is 5.78 Å². The number of ether oxygens (including phenoxy) is 2. The van der Waals surface area contributed by atoms with E-state index >= 15 is 0 Å². The molecule has 0 atom stereocenters. The second kappa shape index (κ2) is 16.1. The molecule has 33 heavy (non-hydrogen) atoms. The maximum atomic E-state index is 12.0. The number of halogens is 3. The lowest BCUT2D eigenvalue weighted by Crippen LogP contribution is -2.40. The van der Waals surface area contributed by atoms with Crippen LogP contribution in [0.1, 0.15) is 48.8 Å². The van der Waals surface area contributed by atoms with E-state index in [1.165, 1.54) is 12.1 Å². The van der Waals surface area contributed by atoms with Crippen LogP contribution in [0.3, 0.4) is 0 Å². The molecule has 0 aromatic heterocycles. The van der Waals surface area contributed by atoms with E-state index in [0.29, 0.717) is 11.8 Å². The number of benzene rings is 2. The first-order valence-corrected chi connectivity index (χ1v) is 11.3. The molecule has 2 aliphatic rings. The number of nitrogens with zero attached hydrogens (tertiary/aromatic N) is 1. The van der Waals surface area contributed by atoms with Gasteiger partial charge >= 0.3 is 0 Å². The fourth-order valence-corrected chi connectivity index (χ4v) is 2.80. The Bertz CT molecular complexity index is 1230. The van der Waals surface area contributed by atoms with Gasteiger partial charge in [0.2, 0.25) is 5.91 Å². The summed E-state index contributed by atoms with van der Waals surface area (Å²) in [5.74, 6) is 0.0190. The molecule has 4 rings (SSSR count). The molecule has 0 saturated carbocycles. The van der Waals surface area contributed by atoms with E-state index in [0.717, 1.165) is 16.7 Å². The van der Waals surface area contributed by atoms with E-state index in [1.807, 2.05) is 24.3 Å². The molecule has 2 aliphatic heterocycles. The van der Waals surface area contributed by atoms with E-state index in [-0.39, 0.29) is 23.0 Å². The Labute approximate surface area is 225 Å². The first-order valence-electron chi connectivity index (χ1n) is 14.7. The Morgan fingerprint density at radius 2 is 1.27 bits per heavy atom. The molecule has 0 unspecified atom stereocenters. The fraction of sp³-hybridized carbons (Fsp3) is 0.440. The maximum Gasteiger partial charge on any atom is 0.248 e. The van der Waals surface area contributed by atoms with Crippen molar-refractivity contribution in [3.63, 3.8) is 0 Å². The first kappa shape index (κ1) is 16.1. The highest BCUT2D eigenvalue weighted by Gasteiger charge is 2.18. The minimum absolute atomic E-state index is 0.0243. The fourth-order valence-electron chi connectivity index (χ4n) is 2.26. The third-order valence-electron chi connectivity index (χ3n) is 4.02. The van der Waals surface area contributed by atoms with Gasteiger partial charge in [-0.15, -0.1) is 34.8 Å². The summed E-state index contributed by atoms with van der Waals surface area (Å²) in [6.45, 7) is -11.7. The van der Waals surface area contributed by atoms with Crippen LogP contribution >= 0.6 is 34.8 Å². The van der Waals surface area contributed by atoms with Crippen molar-refractivity contribution in [3.8, 4) is 0 Å². The Morgan fingerprint density at radius 1 is 0.788 bits per heavy atom. The molecule has 0 radical (unpaired) electrons. The lowest BCUT2D eigenvalue weighted by molar-refractivity contribution is -0.143. The van der Waals surface area contributed by atoms with E-state index in [9.17, 15) is 9.59 Å². The van der Waals surface area contributed by atoms with E-state index in [2.05, 4.69) is 9.47 Å². The molecule has 0 bridgehead atoms. The molecular weight excluding hydrogens is 485 g/mol. The third-order valence-corrected chi connectivity index (χ3v) is 4.94. The number of morpholine rings is 1. The Morgan fingerprint density at radius 3 is 1.73 bits per heavy atom. The van der Waals surface area contributed by atoms with Gasteiger partial charge in [0.25, 0.3) is 0 Å². The summed E-state index contributed by atoms with van der Waals surface area (Å²) in [7, 11) is 0. The topological polar surface area (TPSA) is 55.8 Å². The van der Waals surface area contributed by atoms with E-state index < -0.39 is 57.2 Å². The summed E-state index contributed by atoms with van der Waals surface area (Å²) in [5, 5.41) is 0. The molecule has 2 heterocycles. The summed E-state index contributed by atoms with van der Waals surface area (Å²) in [4.78, 5) is 22.9. The molecule has 2 fully saturated rings. The number of amides is 1. The number of rotatable bonds is 5. The van der Waals surface area contributed by atoms with Crippen molar-refractivity contribution in [3.05, 3.63) is 70.8 Å². The number of alkyl halides is 3. The summed E-state index contributed by atoms with van der Waals surface area (Å²) < 4.78 is 84.2. The van der Waals surface area contributed by atoms with Crippen molar-refractivity contribution in [2.45, 2.75) is 36.9 Å². The van der Waals surface area contributed by atoms with Gasteiger partial charge < -0.3 is 14.4 Å².